The van der Waals surface area contributed by atoms with Gasteiger partial charge in [0.25, 0.3) is 5.91 Å². The molecular formula is C29H29F6N3O5S. The molecule has 8 nitrogen and oxygen atoms in total. The van der Waals surface area contributed by atoms with Crippen molar-refractivity contribution in [3.63, 3.8) is 0 Å². The lowest BCUT2D eigenvalue weighted by Gasteiger charge is -2.37. The van der Waals surface area contributed by atoms with Crippen LogP contribution in [-0.2, 0) is 23.8 Å². The molecule has 1 fully saturated rings. The number of carbonyl (C=O) groups is 2. The van der Waals surface area contributed by atoms with Gasteiger partial charge in [0.2, 0.25) is 0 Å². The second-order valence-electron chi connectivity index (χ2n) is 11.1. The number of benzene rings is 2. The maximum atomic E-state index is 13.5. The predicted molar refractivity (Wildman–Crippen MR) is 151 cm³/mol. The van der Waals surface area contributed by atoms with Crippen LogP contribution >= 0.6 is 11.8 Å². The number of ether oxygens (including phenoxy) is 2. The lowest BCUT2D eigenvalue weighted by atomic mass is 10.0. The molecule has 238 valence electrons. The van der Waals surface area contributed by atoms with Gasteiger partial charge in [0, 0.05) is 24.2 Å². The highest BCUT2D eigenvalue weighted by molar-refractivity contribution is 8.18. The minimum absolute atomic E-state index is 0.0370. The van der Waals surface area contributed by atoms with Gasteiger partial charge in [-0.15, -0.1) is 0 Å². The summed E-state index contributed by atoms with van der Waals surface area (Å²) in [6, 6.07) is 5.49. The number of hydrogen-bond acceptors (Lipinski definition) is 6. The van der Waals surface area contributed by atoms with E-state index in [-0.39, 0.29) is 23.6 Å². The molecule has 0 saturated carbocycles. The first kappa shape index (κ1) is 33.0. The highest BCUT2D eigenvalue weighted by Crippen LogP contribution is 2.39. The van der Waals surface area contributed by atoms with Crippen LogP contribution in [0.25, 0.3) is 6.08 Å². The number of thioether (sulfide) groups is 1. The van der Waals surface area contributed by atoms with Gasteiger partial charge in [0.15, 0.2) is 16.7 Å². The number of amides is 2. The van der Waals surface area contributed by atoms with E-state index in [1.807, 2.05) is 25.7 Å². The Morgan fingerprint density at radius 1 is 1.09 bits per heavy atom. The van der Waals surface area contributed by atoms with E-state index in [1.165, 1.54) is 30.2 Å². The quantitative estimate of drug-likeness (QED) is 0.264. The van der Waals surface area contributed by atoms with Gasteiger partial charge in [0.05, 0.1) is 29.2 Å². The molecule has 0 spiro atoms. The number of amidine groups is 1. The molecule has 2 aliphatic rings. The van der Waals surface area contributed by atoms with Crippen molar-refractivity contribution < 1.29 is 50.5 Å². The lowest BCUT2D eigenvalue weighted by molar-refractivity contribution is -0.143. The summed E-state index contributed by atoms with van der Waals surface area (Å²) in [6.07, 6.45) is -8.87. The van der Waals surface area contributed by atoms with Crippen LogP contribution in [0.15, 0.2) is 46.3 Å². The van der Waals surface area contributed by atoms with Gasteiger partial charge in [0.1, 0.15) is 6.61 Å². The Labute approximate surface area is 253 Å². The molecule has 0 radical (unpaired) electrons. The highest BCUT2D eigenvalue weighted by Gasteiger charge is 2.40. The zero-order valence-corrected chi connectivity index (χ0v) is 24.9. The van der Waals surface area contributed by atoms with Crippen molar-refractivity contribution in [1.29, 1.82) is 0 Å². The summed E-state index contributed by atoms with van der Waals surface area (Å²) in [5, 5.41) is 10.2. The fourth-order valence-electron chi connectivity index (χ4n) is 4.99. The number of aliphatic imine (C=N–C) groups is 1. The summed E-state index contributed by atoms with van der Waals surface area (Å²) in [7, 11) is 1.30. The number of carbonyl (C=O) groups excluding carboxylic acids is 1. The van der Waals surface area contributed by atoms with E-state index in [2.05, 4.69) is 4.99 Å². The summed E-state index contributed by atoms with van der Waals surface area (Å²) in [5.74, 6) is -0.328. The second-order valence-corrected chi connectivity index (χ2v) is 12.1. The Morgan fingerprint density at radius 2 is 1.80 bits per heavy atom. The van der Waals surface area contributed by atoms with Crippen molar-refractivity contribution in [3.8, 4) is 11.5 Å². The van der Waals surface area contributed by atoms with Gasteiger partial charge >= 0.3 is 18.4 Å². The van der Waals surface area contributed by atoms with E-state index in [9.17, 15) is 41.0 Å². The van der Waals surface area contributed by atoms with Gasteiger partial charge in [-0.05, 0) is 74.9 Å². The summed E-state index contributed by atoms with van der Waals surface area (Å²) in [4.78, 5) is 32.2. The zero-order chi connectivity index (χ0) is 32.6. The molecule has 1 atom stereocenters. The molecule has 0 aliphatic carbocycles. The number of halogens is 6. The van der Waals surface area contributed by atoms with Crippen LogP contribution in [0.3, 0.4) is 0 Å². The van der Waals surface area contributed by atoms with E-state index in [1.54, 1.807) is 6.08 Å². The summed E-state index contributed by atoms with van der Waals surface area (Å²) in [6.45, 7) is 5.66. The van der Waals surface area contributed by atoms with Crippen LogP contribution in [-0.4, -0.2) is 63.9 Å². The van der Waals surface area contributed by atoms with E-state index in [0.29, 0.717) is 41.2 Å². The lowest BCUT2D eigenvalue weighted by Crippen LogP contribution is -2.52. The third kappa shape index (κ3) is 7.42. The molecule has 2 amide bonds. The van der Waals surface area contributed by atoms with Gasteiger partial charge in [-0.2, -0.15) is 31.3 Å². The van der Waals surface area contributed by atoms with Crippen molar-refractivity contribution in [2.24, 2.45) is 4.99 Å². The van der Waals surface area contributed by atoms with Gasteiger partial charge < -0.3 is 19.5 Å². The average molecular weight is 646 g/mol. The molecule has 2 aliphatic heterocycles. The SMILES string of the molecule is COc1cc(C=C2SC(N3CCC(N(C(=O)O)C(C)(C)C)C3)=NC2=O)ccc1OCc1ccc(C(F)(F)F)cc1C(F)(F)F. The van der Waals surface area contributed by atoms with E-state index >= 15 is 0 Å². The minimum Gasteiger partial charge on any atom is -0.493 e. The van der Waals surface area contributed by atoms with E-state index < -0.39 is 53.2 Å². The standard InChI is InChI=1S/C29H29F6N3O5S/c1-27(2,3)38(26(40)41)19-9-10-37(14-19)25-36-24(39)23(44-25)12-16-5-8-21(22(11-16)42-4)43-15-17-6-7-18(28(30,31)32)13-20(17)29(33,34)35/h5-8,11-13,19H,9-10,14-15H2,1-4H3,(H,40,41). The molecule has 2 aromatic rings. The maximum Gasteiger partial charge on any atom is 0.416 e. The number of likely N-dealkylation sites (tertiary alicyclic amines) is 1. The third-order valence-corrected chi connectivity index (χ3v) is 7.99. The average Bonchev–Trinajstić information content (AvgIpc) is 3.52. The largest absolute Gasteiger partial charge is 0.493 e. The molecule has 1 unspecified atom stereocenters. The summed E-state index contributed by atoms with van der Waals surface area (Å²) in [5.41, 5.74) is -3.48. The molecule has 0 aromatic heterocycles. The topological polar surface area (TPSA) is 91.7 Å². The molecule has 1 saturated heterocycles. The number of hydrogen-bond donors (Lipinski definition) is 1. The Hall–Kier alpha value is -3.88. The molecule has 2 heterocycles. The third-order valence-electron chi connectivity index (χ3n) is 6.95. The molecule has 2 aromatic carbocycles. The number of carboxylic acid groups (broad SMARTS) is 1. The van der Waals surface area contributed by atoms with Crippen molar-refractivity contribution >= 4 is 35.0 Å². The predicted octanol–water partition coefficient (Wildman–Crippen LogP) is 7.13. The highest BCUT2D eigenvalue weighted by atomic mass is 32.2. The molecular weight excluding hydrogens is 616 g/mol. The number of methoxy groups -OCH3 is 1. The van der Waals surface area contributed by atoms with Crippen LogP contribution in [0, 0.1) is 0 Å². The molecule has 15 heteroatoms. The van der Waals surface area contributed by atoms with Gasteiger partial charge in [-0.1, -0.05) is 12.1 Å². The van der Waals surface area contributed by atoms with Crippen LogP contribution in [0.5, 0.6) is 11.5 Å². The Balaban J connectivity index is 1.46. The van der Waals surface area contributed by atoms with E-state index in [0.717, 1.165) is 17.8 Å². The van der Waals surface area contributed by atoms with Gasteiger partial charge in [-0.3, -0.25) is 9.69 Å². The first-order valence-electron chi connectivity index (χ1n) is 13.3. The normalized spacial score (nSPS) is 18.5. The fraction of sp³-hybridized carbons (Fsp3) is 0.414. The van der Waals surface area contributed by atoms with E-state index in [4.69, 9.17) is 9.47 Å². The first-order valence-corrected chi connectivity index (χ1v) is 14.1. The maximum absolute atomic E-state index is 13.5. The Kier molecular flexibility index (Phi) is 9.19. The summed E-state index contributed by atoms with van der Waals surface area (Å²) < 4.78 is 90.3. The molecule has 0 bridgehead atoms. The number of alkyl halides is 6. The first-order chi connectivity index (χ1) is 20.4. The monoisotopic (exact) mass is 645 g/mol. The van der Waals surface area contributed by atoms with Crippen LogP contribution in [0.2, 0.25) is 0 Å². The van der Waals surface area contributed by atoms with Crippen molar-refractivity contribution in [1.82, 2.24) is 9.80 Å². The molecule has 44 heavy (non-hydrogen) atoms. The van der Waals surface area contributed by atoms with Gasteiger partial charge in [-0.25, -0.2) is 4.79 Å². The van der Waals surface area contributed by atoms with Crippen LogP contribution in [0.4, 0.5) is 31.1 Å². The van der Waals surface area contributed by atoms with Crippen molar-refractivity contribution in [2.45, 2.75) is 57.7 Å². The number of rotatable bonds is 6. The van der Waals surface area contributed by atoms with Crippen LogP contribution in [0.1, 0.15) is 49.4 Å². The fourth-order valence-corrected chi connectivity index (χ4v) is 5.94. The number of nitrogens with zero attached hydrogens (tertiary/aromatic N) is 3. The Morgan fingerprint density at radius 3 is 2.39 bits per heavy atom. The zero-order valence-electron chi connectivity index (χ0n) is 24.0. The molecule has 4 rings (SSSR count). The summed E-state index contributed by atoms with van der Waals surface area (Å²) >= 11 is 1.14. The van der Waals surface area contributed by atoms with Crippen molar-refractivity contribution in [3.05, 3.63) is 63.6 Å². The molecule has 1 N–H and O–H groups in total. The van der Waals surface area contributed by atoms with Crippen molar-refractivity contribution in [2.75, 3.05) is 20.2 Å². The second kappa shape index (κ2) is 12.3. The van der Waals surface area contributed by atoms with Crippen LogP contribution < -0.4 is 9.47 Å². The minimum atomic E-state index is -5.04. The smallest absolute Gasteiger partial charge is 0.416 e. The Bertz CT molecular complexity index is 1500.